The quantitative estimate of drug-likeness (QED) is 0.584. The van der Waals surface area contributed by atoms with Crippen LogP contribution in [0.2, 0.25) is 0 Å². The number of esters is 1. The molecule has 1 aromatic rings. The van der Waals surface area contributed by atoms with E-state index in [0.717, 1.165) is 0 Å². The van der Waals surface area contributed by atoms with Gasteiger partial charge < -0.3 is 15.8 Å². The molecule has 0 aliphatic carbocycles. The number of ether oxygens (including phenoxy) is 1. The highest BCUT2D eigenvalue weighted by Gasteiger charge is 2.03. The lowest BCUT2D eigenvalue weighted by Gasteiger charge is -2.06. The Hall–Kier alpha value is -1.78. The minimum Gasteiger partial charge on any atom is -0.469 e. The van der Waals surface area contributed by atoms with Crippen LogP contribution in [0.15, 0.2) is 18.2 Å². The molecule has 0 bridgehead atoms. The van der Waals surface area contributed by atoms with E-state index < -0.39 is 5.82 Å². The van der Waals surface area contributed by atoms with Crippen molar-refractivity contribution in [2.45, 2.75) is 6.42 Å². The minimum absolute atomic E-state index is 0.195. The Labute approximate surface area is 87.2 Å². The number of carbonyl (C=O) groups excluding carboxylic acids is 1. The third-order valence-corrected chi connectivity index (χ3v) is 1.87. The van der Waals surface area contributed by atoms with Gasteiger partial charge in [0.15, 0.2) is 0 Å². The van der Waals surface area contributed by atoms with Gasteiger partial charge in [-0.25, -0.2) is 4.39 Å². The van der Waals surface area contributed by atoms with E-state index in [4.69, 9.17) is 5.73 Å². The van der Waals surface area contributed by atoms with Crippen molar-refractivity contribution in [3.63, 3.8) is 0 Å². The highest BCUT2D eigenvalue weighted by Crippen LogP contribution is 2.16. The van der Waals surface area contributed by atoms with Crippen LogP contribution in [0, 0.1) is 5.82 Å². The summed E-state index contributed by atoms with van der Waals surface area (Å²) in [6.45, 7) is 0.327. The van der Waals surface area contributed by atoms with Gasteiger partial charge in [-0.05, 0) is 18.2 Å². The first-order valence-electron chi connectivity index (χ1n) is 4.49. The number of methoxy groups -OCH3 is 1. The maximum absolute atomic E-state index is 13.2. The summed E-state index contributed by atoms with van der Waals surface area (Å²) >= 11 is 0. The molecule has 0 atom stereocenters. The summed E-state index contributed by atoms with van der Waals surface area (Å²) in [4.78, 5) is 10.8. The van der Waals surface area contributed by atoms with Gasteiger partial charge in [-0.2, -0.15) is 0 Å². The smallest absolute Gasteiger partial charge is 0.307 e. The van der Waals surface area contributed by atoms with Gasteiger partial charge >= 0.3 is 5.97 Å². The topological polar surface area (TPSA) is 64.3 Å². The highest BCUT2D eigenvalue weighted by molar-refractivity contribution is 5.69. The maximum atomic E-state index is 13.2. The van der Waals surface area contributed by atoms with Crippen molar-refractivity contribution in [3.8, 4) is 0 Å². The lowest BCUT2D eigenvalue weighted by Crippen LogP contribution is -2.10. The molecule has 0 saturated carbocycles. The summed E-state index contributed by atoms with van der Waals surface area (Å²) in [7, 11) is 1.31. The number of halogens is 1. The average Bonchev–Trinajstić information content (AvgIpc) is 2.21. The first kappa shape index (κ1) is 11.3. The van der Waals surface area contributed by atoms with E-state index in [1.807, 2.05) is 0 Å². The minimum atomic E-state index is -0.431. The third-order valence-electron chi connectivity index (χ3n) is 1.87. The van der Waals surface area contributed by atoms with E-state index in [0.29, 0.717) is 17.9 Å². The molecule has 0 spiro atoms. The number of nitrogens with one attached hydrogen (secondary N) is 1. The van der Waals surface area contributed by atoms with Crippen molar-refractivity contribution in [3.05, 3.63) is 24.0 Å². The van der Waals surface area contributed by atoms with Gasteiger partial charge in [0.2, 0.25) is 0 Å². The predicted octanol–water partition coefficient (Wildman–Crippen LogP) is 1.38. The molecular formula is C10H13FN2O2. The zero-order valence-corrected chi connectivity index (χ0v) is 8.42. The van der Waals surface area contributed by atoms with Gasteiger partial charge in [0.25, 0.3) is 0 Å². The lowest BCUT2D eigenvalue weighted by atomic mass is 10.2. The normalized spacial score (nSPS) is 9.73. The Balaban J connectivity index is 2.47. The highest BCUT2D eigenvalue weighted by atomic mass is 19.1. The van der Waals surface area contributed by atoms with Gasteiger partial charge in [0, 0.05) is 12.2 Å². The van der Waals surface area contributed by atoms with Crippen LogP contribution < -0.4 is 11.1 Å². The number of carbonyl (C=O) groups is 1. The van der Waals surface area contributed by atoms with Gasteiger partial charge in [0.1, 0.15) is 5.82 Å². The first-order valence-corrected chi connectivity index (χ1v) is 4.49. The Morgan fingerprint density at radius 3 is 2.93 bits per heavy atom. The van der Waals surface area contributed by atoms with E-state index in [2.05, 4.69) is 10.1 Å². The van der Waals surface area contributed by atoms with Crippen LogP contribution in [-0.4, -0.2) is 19.6 Å². The zero-order valence-electron chi connectivity index (χ0n) is 8.42. The number of benzene rings is 1. The molecule has 4 nitrogen and oxygen atoms in total. The molecule has 0 fully saturated rings. The second kappa shape index (κ2) is 5.19. The monoisotopic (exact) mass is 212 g/mol. The van der Waals surface area contributed by atoms with Crippen LogP contribution in [0.3, 0.4) is 0 Å². The Bertz CT molecular complexity index is 355. The summed E-state index contributed by atoms with van der Waals surface area (Å²) in [6.07, 6.45) is 0.195. The average molecular weight is 212 g/mol. The number of hydrogen-bond donors (Lipinski definition) is 2. The van der Waals surface area contributed by atoms with Gasteiger partial charge in [-0.1, -0.05) is 0 Å². The van der Waals surface area contributed by atoms with Crippen LogP contribution in [0.1, 0.15) is 6.42 Å². The Morgan fingerprint density at radius 2 is 2.33 bits per heavy atom. The number of nitrogen functional groups attached to an aromatic ring is 1. The first-order chi connectivity index (χ1) is 7.13. The fourth-order valence-corrected chi connectivity index (χ4v) is 1.08. The molecule has 0 aliphatic rings. The lowest BCUT2D eigenvalue weighted by molar-refractivity contribution is -0.140. The van der Waals surface area contributed by atoms with Crippen LogP contribution >= 0.6 is 0 Å². The number of rotatable bonds is 4. The van der Waals surface area contributed by atoms with E-state index in [1.54, 1.807) is 6.07 Å². The zero-order chi connectivity index (χ0) is 11.3. The van der Waals surface area contributed by atoms with Crippen LogP contribution in [0.5, 0.6) is 0 Å². The summed E-state index contributed by atoms with van der Waals surface area (Å²) < 4.78 is 17.6. The Morgan fingerprint density at radius 1 is 1.60 bits per heavy atom. The van der Waals surface area contributed by atoms with E-state index in [-0.39, 0.29) is 12.4 Å². The second-order valence-corrected chi connectivity index (χ2v) is 2.99. The SMILES string of the molecule is COC(=O)CCNc1ccc(N)cc1F. The molecule has 5 heteroatoms. The van der Waals surface area contributed by atoms with E-state index in [9.17, 15) is 9.18 Å². The van der Waals surface area contributed by atoms with Crippen molar-refractivity contribution in [1.82, 2.24) is 0 Å². The van der Waals surface area contributed by atoms with Crippen molar-refractivity contribution >= 4 is 17.3 Å². The molecule has 15 heavy (non-hydrogen) atoms. The molecule has 3 N–H and O–H groups in total. The molecule has 0 heterocycles. The van der Waals surface area contributed by atoms with E-state index in [1.165, 1.54) is 19.2 Å². The molecular weight excluding hydrogens is 199 g/mol. The van der Waals surface area contributed by atoms with Crippen LogP contribution in [0.25, 0.3) is 0 Å². The molecule has 0 radical (unpaired) electrons. The molecule has 0 amide bonds. The van der Waals surface area contributed by atoms with Gasteiger partial charge in [-0.3, -0.25) is 4.79 Å². The largest absolute Gasteiger partial charge is 0.469 e. The van der Waals surface area contributed by atoms with Crippen LogP contribution in [0.4, 0.5) is 15.8 Å². The molecule has 0 unspecified atom stereocenters. The maximum Gasteiger partial charge on any atom is 0.307 e. The molecule has 1 aromatic carbocycles. The molecule has 82 valence electrons. The summed E-state index contributed by atoms with van der Waals surface area (Å²) in [5.74, 6) is -0.766. The fourth-order valence-electron chi connectivity index (χ4n) is 1.08. The summed E-state index contributed by atoms with van der Waals surface area (Å²) in [5.41, 5.74) is 6.08. The summed E-state index contributed by atoms with van der Waals surface area (Å²) in [6, 6.07) is 4.34. The number of hydrogen-bond acceptors (Lipinski definition) is 4. The van der Waals surface area contributed by atoms with Crippen molar-refractivity contribution in [1.29, 1.82) is 0 Å². The second-order valence-electron chi connectivity index (χ2n) is 2.99. The molecule has 0 aliphatic heterocycles. The van der Waals surface area contributed by atoms with Crippen molar-refractivity contribution in [2.24, 2.45) is 0 Å². The van der Waals surface area contributed by atoms with Crippen molar-refractivity contribution in [2.75, 3.05) is 24.7 Å². The van der Waals surface area contributed by atoms with Gasteiger partial charge in [-0.15, -0.1) is 0 Å². The Kier molecular flexibility index (Phi) is 3.91. The van der Waals surface area contributed by atoms with Crippen molar-refractivity contribution < 1.29 is 13.9 Å². The molecule has 1 rings (SSSR count). The van der Waals surface area contributed by atoms with Gasteiger partial charge in [0.05, 0.1) is 19.2 Å². The number of nitrogens with two attached hydrogens (primary N) is 1. The fraction of sp³-hybridized carbons (Fsp3) is 0.300. The third kappa shape index (κ3) is 3.46. The standard InChI is InChI=1S/C10H13FN2O2/c1-15-10(14)4-5-13-9-3-2-7(12)6-8(9)11/h2-3,6,13H,4-5,12H2,1H3. The number of anilines is 2. The predicted molar refractivity (Wildman–Crippen MR) is 55.9 cm³/mol. The summed E-state index contributed by atoms with van der Waals surface area (Å²) in [5, 5.41) is 2.77. The van der Waals surface area contributed by atoms with Crippen LogP contribution in [-0.2, 0) is 9.53 Å². The molecule has 0 saturated heterocycles. The molecule has 0 aromatic heterocycles. The van der Waals surface area contributed by atoms with E-state index >= 15 is 0 Å².